The number of nitrogens with one attached hydrogen (secondary N) is 1. The average molecular weight is 330 g/mol. The summed E-state index contributed by atoms with van der Waals surface area (Å²) in [5, 5.41) is 0. The Morgan fingerprint density at radius 2 is 1.87 bits per heavy atom. The first-order chi connectivity index (χ1) is 11.0. The summed E-state index contributed by atoms with van der Waals surface area (Å²) in [7, 11) is 4.10. The van der Waals surface area contributed by atoms with Crippen molar-refractivity contribution in [2.75, 3.05) is 25.4 Å². The summed E-state index contributed by atoms with van der Waals surface area (Å²) in [6.07, 6.45) is 1.77. The number of benzene rings is 2. The van der Waals surface area contributed by atoms with Crippen LogP contribution in [0.3, 0.4) is 0 Å². The van der Waals surface area contributed by atoms with Crippen LogP contribution in [0.1, 0.15) is 21.5 Å². The van der Waals surface area contributed by atoms with Crippen LogP contribution < -0.4 is 4.72 Å². The van der Waals surface area contributed by atoms with E-state index in [1.807, 2.05) is 51.4 Å². The highest BCUT2D eigenvalue weighted by Gasteiger charge is 2.13. The highest BCUT2D eigenvalue weighted by Crippen LogP contribution is 2.19. The lowest BCUT2D eigenvalue weighted by molar-refractivity contribution is 0.112. The van der Waals surface area contributed by atoms with Gasteiger partial charge in [0.25, 0.3) is 0 Å². The molecule has 0 aromatic heterocycles. The van der Waals surface area contributed by atoms with Crippen LogP contribution in [-0.4, -0.2) is 36.4 Å². The van der Waals surface area contributed by atoms with E-state index in [0.29, 0.717) is 10.5 Å². The number of hydrogen-bond donors (Lipinski definition) is 1. The van der Waals surface area contributed by atoms with Gasteiger partial charge in [-0.1, -0.05) is 18.2 Å². The van der Waals surface area contributed by atoms with Crippen LogP contribution >= 0.6 is 0 Å². The van der Waals surface area contributed by atoms with E-state index >= 15 is 0 Å². The smallest absolute Gasteiger partial charge is 0.180 e. The first-order valence-corrected chi connectivity index (χ1v) is 8.62. The van der Waals surface area contributed by atoms with Crippen molar-refractivity contribution in [3.05, 3.63) is 59.2 Å². The number of hydrogen-bond acceptors (Lipinski definition) is 4. The lowest BCUT2D eigenvalue weighted by atomic mass is 10.1. The maximum atomic E-state index is 12.4. The van der Waals surface area contributed by atoms with Gasteiger partial charge in [0.1, 0.15) is 11.4 Å². The van der Waals surface area contributed by atoms with E-state index < -0.39 is 11.4 Å². The third kappa shape index (κ3) is 5.10. The first-order valence-electron chi connectivity index (χ1n) is 7.47. The van der Waals surface area contributed by atoms with E-state index in [2.05, 4.69) is 9.62 Å². The van der Waals surface area contributed by atoms with Crippen molar-refractivity contribution in [3.8, 4) is 0 Å². The molecule has 122 valence electrons. The maximum absolute atomic E-state index is 12.4. The van der Waals surface area contributed by atoms with Gasteiger partial charge in [-0.15, -0.1) is 0 Å². The van der Waals surface area contributed by atoms with Crippen molar-refractivity contribution < 1.29 is 9.35 Å². The van der Waals surface area contributed by atoms with Crippen LogP contribution in [0.5, 0.6) is 0 Å². The molecule has 1 atom stereocenters. The predicted molar refractivity (Wildman–Crippen MR) is 95.3 cm³/mol. The number of nitrogens with zero attached hydrogens (tertiary/aromatic N) is 1. The molecule has 0 aliphatic rings. The number of carbonyl (C=O) groups excluding carboxylic acids is 1. The highest BCUT2D eigenvalue weighted by molar-refractivity contribution is 7.92. The summed E-state index contributed by atoms with van der Waals surface area (Å²) in [6.45, 7) is 2.85. The molecule has 0 amide bonds. The quantitative estimate of drug-likeness (QED) is 0.626. The van der Waals surface area contributed by atoms with Gasteiger partial charge >= 0.3 is 0 Å². The molecule has 0 spiro atoms. The zero-order chi connectivity index (χ0) is 16.8. The number of aldehydes is 1. The third-order valence-corrected chi connectivity index (χ3v) is 4.71. The van der Waals surface area contributed by atoms with Crippen molar-refractivity contribution in [2.24, 2.45) is 0 Å². The van der Waals surface area contributed by atoms with Gasteiger partial charge in [-0.25, -0.2) is 4.72 Å². The molecule has 0 fully saturated rings. The van der Waals surface area contributed by atoms with E-state index in [1.54, 1.807) is 12.1 Å². The Morgan fingerprint density at radius 3 is 2.48 bits per heavy atom. The van der Waals surface area contributed by atoms with E-state index in [0.717, 1.165) is 30.5 Å². The number of aryl methyl sites for hydroxylation is 1. The fourth-order valence-corrected chi connectivity index (χ4v) is 3.01. The Balaban J connectivity index is 2.02. The molecule has 0 bridgehead atoms. The van der Waals surface area contributed by atoms with Crippen molar-refractivity contribution in [1.29, 1.82) is 0 Å². The van der Waals surface area contributed by atoms with Gasteiger partial charge in [0.2, 0.25) is 0 Å². The Labute approximate surface area is 140 Å². The van der Waals surface area contributed by atoms with Gasteiger partial charge in [0.05, 0.1) is 5.69 Å². The summed E-state index contributed by atoms with van der Waals surface area (Å²) >= 11 is -1.39. The second kappa shape index (κ2) is 8.15. The fraction of sp³-hybridized carbons (Fsp3) is 0.278. The summed E-state index contributed by atoms with van der Waals surface area (Å²) in [4.78, 5) is 13.7. The molecule has 0 radical (unpaired) electrons. The maximum Gasteiger partial charge on any atom is 0.180 e. The molecule has 0 saturated heterocycles. The van der Waals surface area contributed by atoms with Crippen LogP contribution in [0.15, 0.2) is 47.4 Å². The predicted octanol–water partition coefficient (Wildman–Crippen LogP) is 3.05. The highest BCUT2D eigenvalue weighted by atomic mass is 32.2. The molecule has 0 aliphatic carbocycles. The molecule has 0 heterocycles. The number of rotatable bonds is 7. The molecule has 4 nitrogen and oxygen atoms in total. The van der Waals surface area contributed by atoms with Crippen LogP contribution in [0.25, 0.3) is 0 Å². The van der Waals surface area contributed by atoms with Gasteiger partial charge in [-0.05, 0) is 56.8 Å². The molecule has 0 saturated carbocycles. The van der Waals surface area contributed by atoms with Crippen molar-refractivity contribution in [2.45, 2.75) is 18.2 Å². The van der Waals surface area contributed by atoms with Gasteiger partial charge in [0.15, 0.2) is 11.2 Å². The van der Waals surface area contributed by atoms with E-state index in [4.69, 9.17) is 0 Å². The summed E-state index contributed by atoms with van der Waals surface area (Å²) in [6, 6.07) is 13.2. The SMILES string of the molecule is Cc1ccc([S+]([O-])Nc2ccc(CCN(C)C)cc2)cc1C=O. The van der Waals surface area contributed by atoms with E-state index in [1.165, 1.54) is 5.56 Å². The summed E-state index contributed by atoms with van der Waals surface area (Å²) < 4.78 is 15.3. The topological polar surface area (TPSA) is 55.4 Å². The molecular formula is C18H22N2O2S. The van der Waals surface area contributed by atoms with Gasteiger partial charge in [-0.2, -0.15) is 0 Å². The molecule has 2 aromatic carbocycles. The van der Waals surface area contributed by atoms with Crippen molar-refractivity contribution in [3.63, 3.8) is 0 Å². The number of likely N-dealkylation sites (N-methyl/N-ethyl adjacent to an activating group) is 1. The van der Waals surface area contributed by atoms with E-state index in [-0.39, 0.29) is 0 Å². The van der Waals surface area contributed by atoms with E-state index in [9.17, 15) is 9.35 Å². The Morgan fingerprint density at radius 1 is 1.17 bits per heavy atom. The zero-order valence-electron chi connectivity index (χ0n) is 13.7. The summed E-state index contributed by atoms with van der Waals surface area (Å²) in [5.74, 6) is 0. The second-order valence-corrected chi connectivity index (χ2v) is 6.97. The average Bonchev–Trinajstić information content (AvgIpc) is 2.54. The van der Waals surface area contributed by atoms with Crippen LogP contribution in [0.2, 0.25) is 0 Å². The molecule has 0 aliphatic heterocycles. The van der Waals surface area contributed by atoms with Gasteiger partial charge in [-0.3, -0.25) is 4.79 Å². The van der Waals surface area contributed by atoms with Crippen LogP contribution in [-0.2, 0) is 17.8 Å². The lowest BCUT2D eigenvalue weighted by Gasteiger charge is -2.13. The van der Waals surface area contributed by atoms with Gasteiger partial charge < -0.3 is 9.45 Å². The first kappa shape index (κ1) is 17.5. The van der Waals surface area contributed by atoms with Crippen LogP contribution in [0.4, 0.5) is 5.69 Å². The Kier molecular flexibility index (Phi) is 6.21. The minimum absolute atomic E-state index is 0.566. The monoisotopic (exact) mass is 330 g/mol. The molecule has 1 N–H and O–H groups in total. The minimum Gasteiger partial charge on any atom is -0.588 e. The second-order valence-electron chi connectivity index (χ2n) is 5.76. The molecule has 1 unspecified atom stereocenters. The molecule has 2 aromatic rings. The largest absolute Gasteiger partial charge is 0.588 e. The Bertz CT molecular complexity index is 657. The number of anilines is 1. The standard InChI is InChI=1S/C18H22N2O2S/c1-14-4-9-18(12-16(14)13-21)23(22)19-17-7-5-15(6-8-17)10-11-20(2)3/h4-9,12-13,19H,10-11H2,1-3H3. The molecule has 23 heavy (non-hydrogen) atoms. The summed E-state index contributed by atoms with van der Waals surface area (Å²) in [5.41, 5.74) is 3.49. The minimum atomic E-state index is -1.39. The Hall–Kier alpha value is -1.82. The van der Waals surface area contributed by atoms with Gasteiger partial charge in [0, 0.05) is 18.2 Å². The molecule has 2 rings (SSSR count). The zero-order valence-corrected chi connectivity index (χ0v) is 14.5. The molecule has 5 heteroatoms. The number of carbonyl (C=O) groups is 1. The van der Waals surface area contributed by atoms with Crippen molar-refractivity contribution in [1.82, 2.24) is 4.90 Å². The third-order valence-electron chi connectivity index (χ3n) is 3.60. The van der Waals surface area contributed by atoms with Crippen LogP contribution in [0, 0.1) is 6.92 Å². The van der Waals surface area contributed by atoms with Crippen molar-refractivity contribution >= 4 is 23.3 Å². The molecular weight excluding hydrogens is 308 g/mol. The fourth-order valence-electron chi connectivity index (χ4n) is 2.12. The lowest BCUT2D eigenvalue weighted by Crippen LogP contribution is -2.15. The normalized spacial score (nSPS) is 12.2.